The number of nitrogens with zero attached hydrogens (tertiary/aromatic N) is 6. The van der Waals surface area contributed by atoms with Crippen LogP contribution in [0.15, 0.2) is 188 Å². The summed E-state index contributed by atoms with van der Waals surface area (Å²) in [5, 5.41) is 9.23. The quantitative estimate of drug-likeness (QED) is 0.171. The first kappa shape index (κ1) is 32.6. The van der Waals surface area contributed by atoms with E-state index >= 15 is 4.39 Å². The van der Waals surface area contributed by atoms with Crippen molar-refractivity contribution in [1.29, 1.82) is 0 Å². The van der Waals surface area contributed by atoms with Crippen molar-refractivity contribution in [2.45, 2.75) is 0 Å². The molecule has 0 N–H and O–H groups in total. The van der Waals surface area contributed by atoms with Crippen LogP contribution in [0.2, 0.25) is 0 Å². The van der Waals surface area contributed by atoms with Gasteiger partial charge in [-0.2, -0.15) is 15.1 Å². The van der Waals surface area contributed by atoms with E-state index in [-0.39, 0.29) is 5.82 Å². The first-order valence-electron chi connectivity index (χ1n) is 18.8. The molecule has 0 atom stereocenters. The molecule has 0 saturated heterocycles. The molecule has 268 valence electrons. The second kappa shape index (κ2) is 13.2. The molecule has 4 heterocycles. The number of pyridine rings is 1. The van der Waals surface area contributed by atoms with Crippen LogP contribution in [0.5, 0.6) is 0 Å². The summed E-state index contributed by atoms with van der Waals surface area (Å²) in [5.41, 5.74) is 10.2. The van der Waals surface area contributed by atoms with Gasteiger partial charge >= 0.3 is 0 Å². The molecule has 0 fully saturated rings. The molecule has 7 heteroatoms. The van der Waals surface area contributed by atoms with Crippen LogP contribution >= 0.6 is 0 Å². The Morgan fingerprint density at radius 3 is 1.67 bits per heavy atom. The highest BCUT2D eigenvalue weighted by atomic mass is 19.1. The lowest BCUT2D eigenvalue weighted by atomic mass is 9.96. The summed E-state index contributed by atoms with van der Waals surface area (Å²) in [4.78, 5) is 15.2. The van der Waals surface area contributed by atoms with Crippen LogP contribution in [0, 0.1) is 5.82 Å². The van der Waals surface area contributed by atoms with Crippen molar-refractivity contribution in [3.05, 3.63) is 194 Å². The van der Waals surface area contributed by atoms with E-state index in [4.69, 9.17) is 20.1 Å². The third-order valence-electron chi connectivity index (χ3n) is 10.6. The number of rotatable bonds is 6. The molecule has 4 aromatic heterocycles. The van der Waals surface area contributed by atoms with Crippen LogP contribution in [0.4, 0.5) is 4.39 Å². The average molecular weight is 735 g/mol. The van der Waals surface area contributed by atoms with Crippen molar-refractivity contribution < 1.29 is 4.39 Å². The summed E-state index contributed by atoms with van der Waals surface area (Å²) >= 11 is 0. The molecule has 0 unspecified atom stereocenters. The molecular weight excluding hydrogens is 704 g/mol. The van der Waals surface area contributed by atoms with Gasteiger partial charge in [0, 0.05) is 44.0 Å². The lowest BCUT2D eigenvalue weighted by molar-refractivity contribution is 0.630. The summed E-state index contributed by atoms with van der Waals surface area (Å²) in [6.07, 6.45) is 0. The zero-order valence-electron chi connectivity index (χ0n) is 30.5. The molecule has 0 aliphatic heterocycles. The van der Waals surface area contributed by atoms with E-state index in [2.05, 4.69) is 71.3 Å². The van der Waals surface area contributed by atoms with Gasteiger partial charge in [0.15, 0.2) is 11.6 Å². The highest BCUT2D eigenvalue weighted by Crippen LogP contribution is 2.43. The van der Waals surface area contributed by atoms with Gasteiger partial charge < -0.3 is 0 Å². The first-order chi connectivity index (χ1) is 28.2. The van der Waals surface area contributed by atoms with Gasteiger partial charge in [0.1, 0.15) is 11.5 Å². The summed E-state index contributed by atoms with van der Waals surface area (Å²) < 4.78 is 19.2. The topological polar surface area (TPSA) is 60.9 Å². The van der Waals surface area contributed by atoms with Crippen LogP contribution in [0.25, 0.3) is 100 Å². The lowest BCUT2D eigenvalue weighted by Gasteiger charge is -2.11. The SMILES string of the molecule is Fc1ccc2cc(-c3ccccc3)n3nc(-c4ccc5c(c4)c4ccccc4n5-c4nc(-c5ccccc5)nc(-c5ccccc5)n4)c(-c4ccccc4)c3c2c1. The number of para-hydroxylation sites is 1. The third-order valence-corrected chi connectivity index (χ3v) is 10.6. The van der Waals surface area contributed by atoms with Gasteiger partial charge in [-0.25, -0.2) is 13.9 Å². The zero-order valence-corrected chi connectivity index (χ0v) is 30.5. The molecule has 0 radical (unpaired) electrons. The zero-order chi connectivity index (χ0) is 37.9. The molecule has 0 saturated carbocycles. The van der Waals surface area contributed by atoms with Crippen LogP contribution < -0.4 is 0 Å². The number of hydrogen-bond acceptors (Lipinski definition) is 4. The van der Waals surface area contributed by atoms with Crippen molar-refractivity contribution in [3.8, 4) is 62.4 Å². The molecule has 0 aliphatic rings. The number of fused-ring (bicyclic) bond motifs is 6. The molecule has 7 aromatic carbocycles. The Labute approximate surface area is 326 Å². The minimum Gasteiger partial charge on any atom is -0.278 e. The van der Waals surface area contributed by atoms with Crippen LogP contribution in [-0.2, 0) is 0 Å². The van der Waals surface area contributed by atoms with Crippen LogP contribution in [0.3, 0.4) is 0 Å². The Bertz CT molecular complexity index is 3230. The molecule has 0 spiro atoms. The Morgan fingerprint density at radius 2 is 1.00 bits per heavy atom. The fourth-order valence-electron chi connectivity index (χ4n) is 8.04. The third kappa shape index (κ3) is 5.47. The standard InChI is InChI=1S/C50H31FN6/c51-38-27-25-36-30-44(32-15-5-1-6-16-32)57-47(40(36)31-38)45(33-17-7-2-8-18-33)46(55-57)37-26-28-43-41(29-37)39-23-13-14-24-42(39)56(43)50-53-48(34-19-9-3-10-20-34)52-49(54-50)35-21-11-4-12-22-35/h1-31H. The summed E-state index contributed by atoms with van der Waals surface area (Å²) in [6, 6.07) is 62.5. The lowest BCUT2D eigenvalue weighted by Crippen LogP contribution is -2.06. The van der Waals surface area contributed by atoms with E-state index in [1.807, 2.05) is 114 Å². The summed E-state index contributed by atoms with van der Waals surface area (Å²) in [7, 11) is 0. The number of aromatic nitrogens is 6. The Morgan fingerprint density at radius 1 is 0.421 bits per heavy atom. The molecule has 6 nitrogen and oxygen atoms in total. The van der Waals surface area contributed by atoms with E-state index in [1.54, 1.807) is 6.07 Å². The second-order valence-corrected chi connectivity index (χ2v) is 14.1. The van der Waals surface area contributed by atoms with E-state index in [9.17, 15) is 0 Å². The predicted octanol–water partition coefficient (Wildman–Crippen LogP) is 12.2. The van der Waals surface area contributed by atoms with Gasteiger partial charge in [0.2, 0.25) is 5.95 Å². The fraction of sp³-hybridized carbons (Fsp3) is 0. The smallest absolute Gasteiger partial charge is 0.238 e. The van der Waals surface area contributed by atoms with Gasteiger partial charge in [-0.05, 0) is 47.3 Å². The highest BCUT2D eigenvalue weighted by molar-refractivity contribution is 6.12. The maximum atomic E-state index is 15.1. The molecule has 0 aliphatic carbocycles. The van der Waals surface area contributed by atoms with Crippen molar-refractivity contribution in [2.75, 3.05) is 0 Å². The Balaban J connectivity index is 1.19. The number of hydrogen-bond donors (Lipinski definition) is 0. The number of halogens is 1. The van der Waals surface area contributed by atoms with Crippen molar-refractivity contribution in [2.24, 2.45) is 0 Å². The van der Waals surface area contributed by atoms with E-state index in [0.717, 1.165) is 82.9 Å². The van der Waals surface area contributed by atoms with Crippen molar-refractivity contribution in [3.63, 3.8) is 0 Å². The molecule has 57 heavy (non-hydrogen) atoms. The normalized spacial score (nSPS) is 11.6. The molecule has 11 aromatic rings. The maximum absolute atomic E-state index is 15.1. The van der Waals surface area contributed by atoms with Gasteiger partial charge in [-0.1, -0.05) is 152 Å². The van der Waals surface area contributed by atoms with Crippen LogP contribution in [0.1, 0.15) is 0 Å². The summed E-state index contributed by atoms with van der Waals surface area (Å²) in [5.74, 6) is 1.42. The van der Waals surface area contributed by atoms with Gasteiger partial charge in [-0.3, -0.25) is 4.57 Å². The van der Waals surface area contributed by atoms with Gasteiger partial charge in [0.25, 0.3) is 0 Å². The van der Waals surface area contributed by atoms with E-state index < -0.39 is 0 Å². The Kier molecular flexibility index (Phi) is 7.57. The fourth-order valence-corrected chi connectivity index (χ4v) is 8.04. The van der Waals surface area contributed by atoms with E-state index in [1.165, 1.54) is 6.07 Å². The first-order valence-corrected chi connectivity index (χ1v) is 18.8. The van der Waals surface area contributed by atoms with Gasteiger partial charge in [-0.15, -0.1) is 0 Å². The van der Waals surface area contributed by atoms with E-state index in [0.29, 0.717) is 17.6 Å². The predicted molar refractivity (Wildman–Crippen MR) is 228 cm³/mol. The monoisotopic (exact) mass is 734 g/mol. The second-order valence-electron chi connectivity index (χ2n) is 14.1. The maximum Gasteiger partial charge on any atom is 0.238 e. The average Bonchev–Trinajstić information content (AvgIpc) is 3.84. The number of benzene rings is 7. The Hall–Kier alpha value is -7.77. The minimum absolute atomic E-state index is 0.294. The van der Waals surface area contributed by atoms with Crippen molar-refractivity contribution in [1.82, 2.24) is 29.1 Å². The molecular formula is C50H31FN6. The summed E-state index contributed by atoms with van der Waals surface area (Å²) in [6.45, 7) is 0. The minimum atomic E-state index is -0.294. The largest absolute Gasteiger partial charge is 0.278 e. The molecule has 11 rings (SSSR count). The highest BCUT2D eigenvalue weighted by Gasteiger charge is 2.24. The van der Waals surface area contributed by atoms with Gasteiger partial charge in [0.05, 0.1) is 22.2 Å². The van der Waals surface area contributed by atoms with Crippen LogP contribution in [-0.4, -0.2) is 29.1 Å². The van der Waals surface area contributed by atoms with Crippen molar-refractivity contribution >= 4 is 38.1 Å². The molecule has 0 amide bonds. The molecule has 0 bridgehead atoms.